The van der Waals surface area contributed by atoms with Gasteiger partial charge in [0.2, 0.25) is 0 Å². The minimum absolute atomic E-state index is 0.0271. The fraction of sp³-hybridized carbons (Fsp3) is 0.421. The number of para-hydroxylation sites is 1. The van der Waals surface area contributed by atoms with Gasteiger partial charge in [-0.05, 0) is 30.7 Å². The van der Waals surface area contributed by atoms with E-state index in [0.29, 0.717) is 23.0 Å². The molecule has 2 fully saturated rings. The smallest absolute Gasteiger partial charge is 0.326 e. The van der Waals surface area contributed by atoms with Crippen LogP contribution in [0, 0.1) is 11.8 Å². The number of aryl methyl sites for hydroxylation is 1. The molecule has 1 saturated heterocycles. The summed E-state index contributed by atoms with van der Waals surface area (Å²) in [6.45, 7) is 0.462. The fourth-order valence-electron chi connectivity index (χ4n) is 4.57. The van der Waals surface area contributed by atoms with Gasteiger partial charge in [0.25, 0.3) is 11.5 Å². The second-order valence-corrected chi connectivity index (χ2v) is 7.07. The summed E-state index contributed by atoms with van der Waals surface area (Å²) in [7, 11) is 1.67. The third-order valence-electron chi connectivity index (χ3n) is 5.79. The number of rotatable bonds is 2. The van der Waals surface area contributed by atoms with Crippen LogP contribution in [0.1, 0.15) is 29.6 Å². The minimum atomic E-state index is -0.948. The molecule has 2 heterocycles. The highest BCUT2D eigenvalue weighted by Gasteiger charge is 2.49. The Labute approximate surface area is 144 Å². The van der Waals surface area contributed by atoms with Crippen molar-refractivity contribution < 1.29 is 14.7 Å². The first-order chi connectivity index (χ1) is 12.0. The summed E-state index contributed by atoms with van der Waals surface area (Å²) in [5, 5.41) is 10.4. The van der Waals surface area contributed by atoms with Crippen LogP contribution in [-0.2, 0) is 11.8 Å². The van der Waals surface area contributed by atoms with Crippen LogP contribution >= 0.6 is 0 Å². The van der Waals surface area contributed by atoms with Gasteiger partial charge in [0.1, 0.15) is 6.04 Å². The van der Waals surface area contributed by atoms with Crippen LogP contribution in [0.2, 0.25) is 0 Å². The van der Waals surface area contributed by atoms with E-state index in [9.17, 15) is 19.5 Å². The van der Waals surface area contributed by atoms with Crippen molar-refractivity contribution in [2.45, 2.75) is 25.3 Å². The highest BCUT2D eigenvalue weighted by Crippen LogP contribution is 2.43. The summed E-state index contributed by atoms with van der Waals surface area (Å²) in [4.78, 5) is 38.7. The molecule has 0 spiro atoms. The lowest BCUT2D eigenvalue weighted by atomic mass is 9.94. The molecule has 1 aromatic carbocycles. The summed E-state index contributed by atoms with van der Waals surface area (Å²) in [6.07, 6.45) is 2.84. The van der Waals surface area contributed by atoms with Gasteiger partial charge in [0.15, 0.2) is 0 Å². The van der Waals surface area contributed by atoms with E-state index in [4.69, 9.17) is 0 Å². The van der Waals surface area contributed by atoms with Crippen LogP contribution in [0.5, 0.6) is 0 Å². The lowest BCUT2D eigenvalue weighted by Gasteiger charge is -2.25. The molecule has 6 nitrogen and oxygen atoms in total. The van der Waals surface area contributed by atoms with E-state index >= 15 is 0 Å². The number of carbonyl (C=O) groups is 2. The number of fused-ring (bicyclic) bond motifs is 2. The molecule has 2 aromatic rings. The predicted octanol–water partition coefficient (Wildman–Crippen LogP) is 1.86. The molecule has 1 aromatic heterocycles. The average Bonchev–Trinajstić information content (AvgIpc) is 3.18. The van der Waals surface area contributed by atoms with E-state index in [0.717, 1.165) is 19.3 Å². The van der Waals surface area contributed by atoms with Gasteiger partial charge in [0, 0.05) is 25.0 Å². The van der Waals surface area contributed by atoms with Crippen molar-refractivity contribution in [3.8, 4) is 0 Å². The second kappa shape index (κ2) is 5.72. The lowest BCUT2D eigenvalue weighted by Crippen LogP contribution is -2.43. The molecule has 130 valence electrons. The largest absolute Gasteiger partial charge is 0.480 e. The highest BCUT2D eigenvalue weighted by atomic mass is 16.4. The van der Waals surface area contributed by atoms with E-state index < -0.39 is 12.0 Å². The number of carboxylic acids is 1. The molecule has 1 aliphatic heterocycles. The molecule has 4 rings (SSSR count). The van der Waals surface area contributed by atoms with Crippen LogP contribution < -0.4 is 5.56 Å². The van der Waals surface area contributed by atoms with Crippen molar-refractivity contribution in [3.63, 3.8) is 0 Å². The van der Waals surface area contributed by atoms with Crippen molar-refractivity contribution in [1.29, 1.82) is 0 Å². The van der Waals surface area contributed by atoms with Gasteiger partial charge in [-0.15, -0.1) is 0 Å². The fourth-order valence-corrected chi connectivity index (χ4v) is 4.57. The van der Waals surface area contributed by atoms with Gasteiger partial charge in [0.05, 0.1) is 11.1 Å². The molecule has 2 aliphatic rings. The van der Waals surface area contributed by atoms with Gasteiger partial charge < -0.3 is 14.6 Å². The number of carboxylic acid groups (broad SMARTS) is 1. The monoisotopic (exact) mass is 340 g/mol. The van der Waals surface area contributed by atoms with Crippen molar-refractivity contribution in [2.24, 2.45) is 18.9 Å². The lowest BCUT2D eigenvalue weighted by molar-refractivity contribution is -0.142. The Bertz CT molecular complexity index is 933. The number of hydrogen-bond donors (Lipinski definition) is 1. The number of carbonyl (C=O) groups excluding carboxylic acids is 1. The minimum Gasteiger partial charge on any atom is -0.480 e. The summed E-state index contributed by atoms with van der Waals surface area (Å²) in [6, 6.07) is 7.77. The van der Waals surface area contributed by atoms with Gasteiger partial charge in [-0.25, -0.2) is 4.79 Å². The Hall–Kier alpha value is -2.63. The molecule has 25 heavy (non-hydrogen) atoms. The number of aromatic nitrogens is 1. The Morgan fingerprint density at radius 1 is 1.20 bits per heavy atom. The standard InChI is InChI=1S/C19H20N2O4/c1-20-15-8-3-2-6-13(15)14(9-16(20)22)18(23)21-10-11-5-4-7-12(11)17(21)19(24)25/h2-3,6,8-9,11-12,17H,4-5,7,10H2,1H3,(H,24,25). The average molecular weight is 340 g/mol. The van der Waals surface area contributed by atoms with Gasteiger partial charge >= 0.3 is 5.97 Å². The number of likely N-dealkylation sites (tertiary alicyclic amines) is 1. The second-order valence-electron chi connectivity index (χ2n) is 7.07. The Kier molecular flexibility index (Phi) is 3.63. The molecule has 0 bridgehead atoms. The maximum atomic E-state index is 13.2. The molecule has 6 heteroatoms. The molecule has 0 radical (unpaired) electrons. The molecule has 1 aliphatic carbocycles. The number of amides is 1. The predicted molar refractivity (Wildman–Crippen MR) is 92.5 cm³/mol. The zero-order valence-electron chi connectivity index (χ0n) is 14.0. The Balaban J connectivity index is 1.82. The maximum absolute atomic E-state index is 13.2. The number of hydrogen-bond acceptors (Lipinski definition) is 3. The highest BCUT2D eigenvalue weighted by molar-refractivity contribution is 6.07. The molecule has 1 N–H and O–H groups in total. The van der Waals surface area contributed by atoms with Crippen molar-refractivity contribution in [2.75, 3.05) is 6.54 Å². The summed E-state index contributed by atoms with van der Waals surface area (Å²) in [5.41, 5.74) is 0.697. The first-order valence-corrected chi connectivity index (χ1v) is 8.61. The molecule has 1 amide bonds. The van der Waals surface area contributed by atoms with Crippen molar-refractivity contribution in [1.82, 2.24) is 9.47 Å². The SMILES string of the molecule is Cn1c(=O)cc(C(=O)N2CC3CCCC3C2C(=O)O)c2ccccc21. The number of aliphatic carboxylic acids is 1. The summed E-state index contributed by atoms with van der Waals surface area (Å²) < 4.78 is 1.50. The van der Waals surface area contributed by atoms with E-state index in [1.165, 1.54) is 15.5 Å². The zero-order chi connectivity index (χ0) is 17.7. The van der Waals surface area contributed by atoms with Crippen LogP contribution in [0.25, 0.3) is 10.9 Å². The normalized spacial score (nSPS) is 25.3. The molecule has 3 atom stereocenters. The van der Waals surface area contributed by atoms with E-state index in [1.807, 2.05) is 12.1 Å². The van der Waals surface area contributed by atoms with Gasteiger partial charge in [-0.3, -0.25) is 9.59 Å². The van der Waals surface area contributed by atoms with Crippen LogP contribution in [0.4, 0.5) is 0 Å². The van der Waals surface area contributed by atoms with Crippen LogP contribution in [0.3, 0.4) is 0 Å². The summed E-state index contributed by atoms with van der Waals surface area (Å²) in [5.74, 6) is -1.02. The first-order valence-electron chi connectivity index (χ1n) is 8.61. The van der Waals surface area contributed by atoms with Gasteiger partial charge in [-0.2, -0.15) is 0 Å². The Morgan fingerprint density at radius 2 is 1.96 bits per heavy atom. The quantitative estimate of drug-likeness (QED) is 0.905. The molecule has 3 unspecified atom stereocenters. The van der Waals surface area contributed by atoms with Gasteiger partial charge in [-0.1, -0.05) is 24.6 Å². The summed E-state index contributed by atoms with van der Waals surface area (Å²) >= 11 is 0. The third-order valence-corrected chi connectivity index (χ3v) is 5.79. The van der Waals surface area contributed by atoms with E-state index in [2.05, 4.69) is 0 Å². The zero-order valence-corrected chi connectivity index (χ0v) is 14.0. The first kappa shape index (κ1) is 15.9. The third kappa shape index (κ3) is 2.35. The number of nitrogens with zero attached hydrogens (tertiary/aromatic N) is 2. The Morgan fingerprint density at radius 3 is 2.72 bits per heavy atom. The number of pyridine rings is 1. The van der Waals surface area contributed by atoms with E-state index in [-0.39, 0.29) is 23.3 Å². The molecular weight excluding hydrogens is 320 g/mol. The molecular formula is C19H20N2O4. The molecule has 1 saturated carbocycles. The van der Waals surface area contributed by atoms with Crippen LogP contribution in [0.15, 0.2) is 35.1 Å². The van der Waals surface area contributed by atoms with Crippen molar-refractivity contribution in [3.05, 3.63) is 46.2 Å². The topological polar surface area (TPSA) is 79.6 Å². The number of benzene rings is 1. The van der Waals surface area contributed by atoms with Crippen LogP contribution in [-0.4, -0.2) is 39.0 Å². The van der Waals surface area contributed by atoms with Crippen molar-refractivity contribution >= 4 is 22.8 Å². The van der Waals surface area contributed by atoms with E-state index in [1.54, 1.807) is 19.2 Å². The maximum Gasteiger partial charge on any atom is 0.326 e.